The number of aromatic nitrogens is 2. The third-order valence-corrected chi connectivity index (χ3v) is 4.87. The van der Waals surface area contributed by atoms with Crippen LogP contribution < -0.4 is 73.8 Å². The van der Waals surface area contributed by atoms with Gasteiger partial charge in [-0.3, -0.25) is 14.4 Å². The predicted molar refractivity (Wildman–Crippen MR) is 99.5 cm³/mol. The van der Waals surface area contributed by atoms with Gasteiger partial charge < -0.3 is 18.9 Å². The van der Waals surface area contributed by atoms with Gasteiger partial charge in [0.05, 0.1) is 31.8 Å². The van der Waals surface area contributed by atoms with Crippen molar-refractivity contribution in [3.8, 4) is 0 Å². The minimum atomic E-state index is -5.66. The van der Waals surface area contributed by atoms with Gasteiger partial charge in [0, 0.05) is 11.8 Å². The Morgan fingerprint density at radius 1 is 1.03 bits per heavy atom. The maximum Gasteiger partial charge on any atom is 1.00 e. The van der Waals surface area contributed by atoms with Crippen LogP contribution in [0.5, 0.6) is 0 Å². The fourth-order valence-corrected chi connectivity index (χ4v) is 3.20. The summed E-state index contributed by atoms with van der Waals surface area (Å²) in [6.45, 7) is -2.10. The van der Waals surface area contributed by atoms with E-state index >= 15 is 0 Å². The predicted octanol–water partition coefficient (Wildman–Crippen LogP) is -3.17. The third kappa shape index (κ3) is 8.15. The van der Waals surface area contributed by atoms with Crippen LogP contribution in [0, 0.1) is 17.5 Å². The Hall–Kier alpha value is -1.19. The largest absolute Gasteiger partial charge is 1.00 e. The van der Waals surface area contributed by atoms with Crippen molar-refractivity contribution in [1.82, 2.24) is 9.78 Å². The molecule has 1 heterocycles. The van der Waals surface area contributed by atoms with Gasteiger partial charge in [0.2, 0.25) is 0 Å². The van der Waals surface area contributed by atoms with Gasteiger partial charge in [0.1, 0.15) is 29.7 Å². The maximum absolute atomic E-state index is 14.1. The molecular weight excluding hydrogens is 541 g/mol. The van der Waals surface area contributed by atoms with E-state index in [0.29, 0.717) is 11.0 Å². The molecule has 0 radical (unpaired) electrons. The summed E-state index contributed by atoms with van der Waals surface area (Å²) >= 11 is 0. The van der Waals surface area contributed by atoms with E-state index in [1.54, 1.807) is 0 Å². The number of phosphoric ester groups is 1. The fraction of sp³-hybridized carbons (Fsp3) is 0.158. The van der Waals surface area contributed by atoms with Crippen LogP contribution in [-0.2, 0) is 21.8 Å². The van der Waals surface area contributed by atoms with Gasteiger partial charge in [0.15, 0.2) is 0 Å². The van der Waals surface area contributed by atoms with Crippen molar-refractivity contribution in [3.63, 3.8) is 0 Å². The average molecular weight is 553 g/mol. The Labute approximate surface area is 244 Å². The number of amides is 1. The van der Waals surface area contributed by atoms with Crippen LogP contribution in [0.4, 0.5) is 32.0 Å². The summed E-state index contributed by atoms with van der Waals surface area (Å²) < 4.78 is 97.6. The van der Waals surface area contributed by atoms with Crippen molar-refractivity contribution in [2.45, 2.75) is 12.7 Å². The van der Waals surface area contributed by atoms with Gasteiger partial charge in [-0.2, -0.15) is 18.3 Å². The molecule has 0 aliphatic heterocycles. The van der Waals surface area contributed by atoms with Gasteiger partial charge in [0.25, 0.3) is 5.91 Å². The van der Waals surface area contributed by atoms with E-state index in [1.165, 1.54) is 0 Å². The minimum absolute atomic E-state index is 0. The molecule has 0 fully saturated rings. The number of hydrogen-bond donors (Lipinski definition) is 0. The van der Waals surface area contributed by atoms with Gasteiger partial charge in [-0.05, 0) is 24.3 Å². The SMILES string of the molecule is O=C(c1c(F)cccc1F)N(COP(=O)([O-])[O-])c1cnn(Cc2c(F)cccc2C(F)(F)F)c1.[Na+].[Na+]. The molecule has 0 bridgehead atoms. The summed E-state index contributed by atoms with van der Waals surface area (Å²) in [6, 6.07) is 4.73. The van der Waals surface area contributed by atoms with Gasteiger partial charge in [-0.1, -0.05) is 12.1 Å². The second-order valence-electron chi connectivity index (χ2n) is 6.70. The summed E-state index contributed by atoms with van der Waals surface area (Å²) in [6.07, 6.45) is -3.21. The van der Waals surface area contributed by atoms with E-state index in [9.17, 15) is 45.5 Å². The van der Waals surface area contributed by atoms with E-state index < -0.39 is 73.0 Å². The number of carbonyl (C=O) groups excluding carboxylic acids is 1. The first-order valence-electron chi connectivity index (χ1n) is 9.07. The van der Waals surface area contributed by atoms with Gasteiger partial charge >= 0.3 is 65.3 Å². The van der Waals surface area contributed by atoms with Crippen molar-refractivity contribution in [2.75, 3.05) is 11.6 Å². The van der Waals surface area contributed by atoms with Crippen molar-refractivity contribution >= 4 is 19.4 Å². The van der Waals surface area contributed by atoms with E-state index in [4.69, 9.17) is 0 Å². The molecule has 36 heavy (non-hydrogen) atoms. The Balaban J connectivity index is 0.00000324. The number of nitrogens with zero attached hydrogens (tertiary/aromatic N) is 3. The Kier molecular flexibility index (Phi) is 11.9. The average Bonchev–Trinajstić information content (AvgIpc) is 3.16. The Morgan fingerprint density at radius 3 is 2.14 bits per heavy atom. The molecule has 3 aromatic rings. The molecule has 0 saturated carbocycles. The van der Waals surface area contributed by atoms with E-state index in [0.717, 1.165) is 47.4 Å². The molecule has 0 unspecified atom stereocenters. The van der Waals surface area contributed by atoms with Crippen LogP contribution in [0.3, 0.4) is 0 Å². The molecule has 8 nitrogen and oxygen atoms in total. The van der Waals surface area contributed by atoms with E-state index in [1.807, 2.05) is 0 Å². The molecule has 0 aliphatic rings. The van der Waals surface area contributed by atoms with Crippen LogP contribution in [0.2, 0.25) is 0 Å². The molecule has 0 N–H and O–H groups in total. The minimum Gasteiger partial charge on any atom is -0.790 e. The summed E-state index contributed by atoms with van der Waals surface area (Å²) in [7, 11) is -5.66. The smallest absolute Gasteiger partial charge is 0.790 e. The third-order valence-electron chi connectivity index (χ3n) is 4.44. The van der Waals surface area contributed by atoms with Crippen LogP contribution in [0.25, 0.3) is 0 Å². The Morgan fingerprint density at radius 2 is 1.58 bits per heavy atom. The molecule has 3 rings (SSSR count). The number of anilines is 1. The van der Waals surface area contributed by atoms with Crippen molar-refractivity contribution < 1.29 is 109 Å². The summed E-state index contributed by atoms with van der Waals surface area (Å²) in [4.78, 5) is 34.8. The molecule has 182 valence electrons. The first-order chi connectivity index (χ1) is 15.8. The van der Waals surface area contributed by atoms with E-state index in [-0.39, 0.29) is 59.1 Å². The molecule has 0 spiro atoms. The van der Waals surface area contributed by atoms with Gasteiger partial charge in [-0.15, -0.1) is 0 Å². The van der Waals surface area contributed by atoms with Crippen molar-refractivity contribution in [3.05, 3.63) is 82.9 Å². The number of halogens is 6. The number of rotatable bonds is 7. The quantitative estimate of drug-likeness (QED) is 0.132. The zero-order valence-electron chi connectivity index (χ0n) is 18.6. The molecular formula is C19H12F6N3Na2O5P. The molecule has 1 aromatic heterocycles. The molecule has 0 aliphatic carbocycles. The zero-order valence-corrected chi connectivity index (χ0v) is 23.5. The first-order valence-corrected chi connectivity index (χ1v) is 10.5. The first kappa shape index (κ1) is 32.8. The number of benzene rings is 2. The maximum atomic E-state index is 14.1. The van der Waals surface area contributed by atoms with Crippen LogP contribution in [0.15, 0.2) is 48.8 Å². The number of carbonyl (C=O) groups is 1. The molecule has 2 aromatic carbocycles. The fourth-order valence-electron chi connectivity index (χ4n) is 2.94. The van der Waals surface area contributed by atoms with Crippen LogP contribution in [0.1, 0.15) is 21.5 Å². The Bertz CT molecular complexity index is 1250. The van der Waals surface area contributed by atoms with Crippen LogP contribution >= 0.6 is 7.82 Å². The molecule has 0 atom stereocenters. The summed E-state index contributed by atoms with van der Waals surface area (Å²) in [5.74, 6) is -5.33. The molecule has 1 amide bonds. The number of hydrogen-bond acceptors (Lipinski definition) is 6. The normalized spacial score (nSPS) is 11.4. The number of alkyl halides is 3. The van der Waals surface area contributed by atoms with E-state index in [2.05, 4.69) is 9.62 Å². The molecule has 0 saturated heterocycles. The van der Waals surface area contributed by atoms with Crippen LogP contribution in [-0.4, -0.2) is 22.4 Å². The standard InChI is InChI=1S/C19H14F6N3O5P.2Na/c20-14-4-1-3-13(19(23,24)25)12(14)9-27-8-11(7-26-27)28(10-33-34(30,31)32)18(29)17-15(21)5-2-6-16(17)22;;/h1-8H,9-10H2,(H2,30,31,32);;/q;2*+1/p-2. The zero-order chi connectivity index (χ0) is 25.3. The van der Waals surface area contributed by atoms with Crippen molar-refractivity contribution in [2.24, 2.45) is 0 Å². The van der Waals surface area contributed by atoms with Gasteiger partial charge in [-0.25, -0.2) is 13.2 Å². The second-order valence-corrected chi connectivity index (χ2v) is 7.85. The second kappa shape index (κ2) is 13.1. The van der Waals surface area contributed by atoms with Crippen molar-refractivity contribution in [1.29, 1.82) is 0 Å². The monoisotopic (exact) mass is 553 g/mol. The number of phosphoric acid groups is 1. The topological polar surface area (TPSA) is 111 Å². The summed E-state index contributed by atoms with van der Waals surface area (Å²) in [5.41, 5.74) is -3.61. The molecule has 17 heteroatoms. The summed E-state index contributed by atoms with van der Waals surface area (Å²) in [5, 5.41) is 3.68.